The van der Waals surface area contributed by atoms with Crippen LogP contribution < -0.4 is 0 Å². The van der Waals surface area contributed by atoms with E-state index in [1.807, 2.05) is 0 Å². The topological polar surface area (TPSA) is 26.3 Å². The van der Waals surface area contributed by atoms with Crippen molar-refractivity contribution in [2.45, 2.75) is 84.5 Å². The van der Waals surface area contributed by atoms with E-state index in [-0.39, 0.29) is 11.9 Å². The maximum atomic E-state index is 12.0. The second-order valence-electron chi connectivity index (χ2n) is 5.67. The Balaban J connectivity index is 3.96. The number of unbranched alkanes of at least 4 members (excludes halogenated alkanes) is 7. The van der Waals surface area contributed by atoms with Crippen LogP contribution in [0.4, 0.5) is 0 Å². The van der Waals surface area contributed by atoms with Gasteiger partial charge in [0.1, 0.15) is 6.61 Å². The highest BCUT2D eigenvalue weighted by molar-refractivity contribution is 5.72. The molecule has 0 aromatic carbocycles. The highest BCUT2D eigenvalue weighted by Gasteiger charge is 2.18. The van der Waals surface area contributed by atoms with Gasteiger partial charge in [-0.2, -0.15) is 0 Å². The standard InChI is InChI=1S/C18H34O2/c1-4-7-9-11-13-15-17(14-12-10-8-5-2)18(19)20-16-6-3/h6,17H,3-5,7-16H2,1-2H3. The molecule has 0 aliphatic heterocycles. The van der Waals surface area contributed by atoms with E-state index < -0.39 is 0 Å². The van der Waals surface area contributed by atoms with Crippen molar-refractivity contribution in [3.63, 3.8) is 0 Å². The second kappa shape index (κ2) is 14.6. The SMILES string of the molecule is C=CCOC(=O)C(CCCCCC)CCCCCCC. The molecule has 0 aliphatic carbocycles. The zero-order valence-electron chi connectivity index (χ0n) is 13.7. The van der Waals surface area contributed by atoms with Gasteiger partial charge in [0.15, 0.2) is 0 Å². The van der Waals surface area contributed by atoms with E-state index in [4.69, 9.17) is 4.74 Å². The summed E-state index contributed by atoms with van der Waals surface area (Å²) in [5.74, 6) is 0.0883. The van der Waals surface area contributed by atoms with Crippen LogP contribution in [-0.2, 0) is 9.53 Å². The summed E-state index contributed by atoms with van der Waals surface area (Å²) >= 11 is 0. The first kappa shape index (κ1) is 19.2. The van der Waals surface area contributed by atoms with Crippen molar-refractivity contribution in [2.75, 3.05) is 6.61 Å². The smallest absolute Gasteiger partial charge is 0.309 e. The zero-order valence-corrected chi connectivity index (χ0v) is 13.7. The Hall–Kier alpha value is -0.790. The van der Waals surface area contributed by atoms with Gasteiger partial charge in [-0.1, -0.05) is 84.3 Å². The Morgan fingerprint density at radius 1 is 0.950 bits per heavy atom. The van der Waals surface area contributed by atoms with Crippen molar-refractivity contribution in [3.8, 4) is 0 Å². The quantitative estimate of drug-likeness (QED) is 0.233. The Morgan fingerprint density at radius 3 is 1.95 bits per heavy atom. The molecule has 0 rings (SSSR count). The van der Waals surface area contributed by atoms with E-state index in [0.29, 0.717) is 6.61 Å². The summed E-state index contributed by atoms with van der Waals surface area (Å²) in [5, 5.41) is 0. The van der Waals surface area contributed by atoms with Crippen LogP contribution in [0.15, 0.2) is 12.7 Å². The van der Waals surface area contributed by atoms with Gasteiger partial charge >= 0.3 is 5.97 Å². The van der Waals surface area contributed by atoms with Gasteiger partial charge in [0, 0.05) is 0 Å². The molecule has 1 unspecified atom stereocenters. The molecule has 0 saturated heterocycles. The van der Waals surface area contributed by atoms with Crippen LogP contribution in [-0.4, -0.2) is 12.6 Å². The van der Waals surface area contributed by atoms with Gasteiger partial charge in [0.25, 0.3) is 0 Å². The van der Waals surface area contributed by atoms with Crippen molar-refractivity contribution in [2.24, 2.45) is 5.92 Å². The van der Waals surface area contributed by atoms with Crippen LogP contribution in [0.25, 0.3) is 0 Å². The number of carbonyl (C=O) groups is 1. The predicted molar refractivity (Wildman–Crippen MR) is 86.8 cm³/mol. The lowest BCUT2D eigenvalue weighted by Crippen LogP contribution is -2.18. The number of rotatable bonds is 14. The monoisotopic (exact) mass is 282 g/mol. The van der Waals surface area contributed by atoms with E-state index >= 15 is 0 Å². The molecule has 2 heteroatoms. The number of hydrogen-bond donors (Lipinski definition) is 0. The molecule has 1 atom stereocenters. The maximum Gasteiger partial charge on any atom is 0.309 e. The van der Waals surface area contributed by atoms with E-state index in [1.165, 1.54) is 44.9 Å². The van der Waals surface area contributed by atoms with Crippen molar-refractivity contribution < 1.29 is 9.53 Å². The van der Waals surface area contributed by atoms with Crippen molar-refractivity contribution in [3.05, 3.63) is 12.7 Å². The summed E-state index contributed by atoms with van der Waals surface area (Å²) in [5.41, 5.74) is 0. The third-order valence-electron chi connectivity index (χ3n) is 3.74. The van der Waals surface area contributed by atoms with E-state index in [2.05, 4.69) is 20.4 Å². The number of carbonyl (C=O) groups excluding carboxylic acids is 1. The summed E-state index contributed by atoms with van der Waals surface area (Å²) in [6, 6.07) is 0. The molecule has 0 spiro atoms. The molecule has 0 radical (unpaired) electrons. The summed E-state index contributed by atoms with van der Waals surface area (Å²) in [6.07, 6.45) is 14.8. The first-order valence-electron chi connectivity index (χ1n) is 8.53. The average molecular weight is 282 g/mol. The van der Waals surface area contributed by atoms with E-state index in [9.17, 15) is 4.79 Å². The molecule has 0 aromatic rings. The summed E-state index contributed by atoms with van der Waals surface area (Å²) < 4.78 is 5.23. The van der Waals surface area contributed by atoms with E-state index in [1.54, 1.807) is 6.08 Å². The molecular formula is C18H34O2. The Bertz CT molecular complexity index is 236. The second-order valence-corrected chi connectivity index (χ2v) is 5.67. The lowest BCUT2D eigenvalue weighted by atomic mass is 9.94. The first-order chi connectivity index (χ1) is 9.76. The molecule has 20 heavy (non-hydrogen) atoms. The van der Waals surface area contributed by atoms with Crippen LogP contribution in [0, 0.1) is 5.92 Å². The number of esters is 1. The van der Waals surface area contributed by atoms with Crippen LogP contribution in [0.5, 0.6) is 0 Å². The molecule has 118 valence electrons. The Labute approximate surface area is 126 Å². The fourth-order valence-corrected chi connectivity index (χ4v) is 2.45. The molecule has 2 nitrogen and oxygen atoms in total. The first-order valence-corrected chi connectivity index (χ1v) is 8.53. The summed E-state index contributed by atoms with van der Waals surface area (Å²) in [7, 11) is 0. The fourth-order valence-electron chi connectivity index (χ4n) is 2.45. The molecule has 0 saturated carbocycles. The van der Waals surface area contributed by atoms with Crippen LogP contribution in [0.2, 0.25) is 0 Å². The van der Waals surface area contributed by atoms with Gasteiger partial charge in [0.05, 0.1) is 5.92 Å². The molecule has 0 N–H and O–H groups in total. The molecule has 0 aliphatic rings. The van der Waals surface area contributed by atoms with Crippen LogP contribution in [0.3, 0.4) is 0 Å². The Morgan fingerprint density at radius 2 is 1.45 bits per heavy atom. The largest absolute Gasteiger partial charge is 0.461 e. The summed E-state index contributed by atoms with van der Waals surface area (Å²) in [6.45, 7) is 8.38. The molecular weight excluding hydrogens is 248 g/mol. The van der Waals surface area contributed by atoms with Crippen LogP contribution in [0.1, 0.15) is 84.5 Å². The van der Waals surface area contributed by atoms with Gasteiger partial charge in [0.2, 0.25) is 0 Å². The van der Waals surface area contributed by atoms with E-state index in [0.717, 1.165) is 25.7 Å². The van der Waals surface area contributed by atoms with Gasteiger partial charge < -0.3 is 4.74 Å². The Kier molecular flexibility index (Phi) is 14.0. The third-order valence-corrected chi connectivity index (χ3v) is 3.74. The molecule has 0 fully saturated rings. The molecule has 0 bridgehead atoms. The number of ether oxygens (including phenoxy) is 1. The van der Waals surface area contributed by atoms with Gasteiger partial charge in [-0.25, -0.2) is 0 Å². The van der Waals surface area contributed by atoms with Crippen molar-refractivity contribution in [1.82, 2.24) is 0 Å². The normalized spacial score (nSPS) is 12.1. The highest BCUT2D eigenvalue weighted by atomic mass is 16.5. The maximum absolute atomic E-state index is 12.0. The minimum atomic E-state index is -0.0168. The number of hydrogen-bond acceptors (Lipinski definition) is 2. The highest BCUT2D eigenvalue weighted by Crippen LogP contribution is 2.20. The molecule has 0 aromatic heterocycles. The van der Waals surface area contributed by atoms with Crippen molar-refractivity contribution in [1.29, 1.82) is 0 Å². The van der Waals surface area contributed by atoms with Gasteiger partial charge in [-0.15, -0.1) is 0 Å². The molecule has 0 amide bonds. The zero-order chi connectivity index (χ0) is 15.1. The third kappa shape index (κ3) is 11.1. The lowest BCUT2D eigenvalue weighted by Gasteiger charge is -2.15. The predicted octanol–water partition coefficient (Wildman–Crippen LogP) is 5.66. The van der Waals surface area contributed by atoms with Crippen LogP contribution >= 0.6 is 0 Å². The lowest BCUT2D eigenvalue weighted by molar-refractivity contribution is -0.147. The average Bonchev–Trinajstić information content (AvgIpc) is 2.46. The van der Waals surface area contributed by atoms with Gasteiger partial charge in [-0.05, 0) is 12.8 Å². The van der Waals surface area contributed by atoms with Gasteiger partial charge in [-0.3, -0.25) is 4.79 Å². The minimum Gasteiger partial charge on any atom is -0.461 e. The summed E-state index contributed by atoms with van der Waals surface area (Å²) in [4.78, 5) is 12.0. The fraction of sp³-hybridized carbons (Fsp3) is 0.833. The minimum absolute atomic E-state index is 0.0168. The van der Waals surface area contributed by atoms with Crippen molar-refractivity contribution >= 4 is 5.97 Å². The molecule has 0 heterocycles.